The Bertz CT molecular complexity index is 455. The quantitative estimate of drug-likeness (QED) is 0.543. The molecule has 0 bridgehead atoms. The van der Waals surface area contributed by atoms with Crippen LogP contribution in [0, 0.1) is 0 Å². The van der Waals surface area contributed by atoms with E-state index in [2.05, 4.69) is 0 Å². The van der Waals surface area contributed by atoms with Crippen molar-refractivity contribution in [3.63, 3.8) is 0 Å². The van der Waals surface area contributed by atoms with Crippen molar-refractivity contribution < 1.29 is 24.0 Å². The minimum atomic E-state index is -0.772. The van der Waals surface area contributed by atoms with E-state index in [4.69, 9.17) is 4.84 Å². The Morgan fingerprint density at radius 3 is 2.35 bits per heavy atom. The maximum absolute atomic E-state index is 11.8. The predicted molar refractivity (Wildman–Crippen MR) is 66.8 cm³/mol. The van der Waals surface area contributed by atoms with Gasteiger partial charge in [-0.1, -0.05) is 12.2 Å². The molecule has 0 N–H and O–H groups in total. The van der Waals surface area contributed by atoms with Gasteiger partial charge in [0.2, 0.25) is 5.91 Å². The minimum absolute atomic E-state index is 0.0551. The van der Waals surface area contributed by atoms with Crippen LogP contribution in [0.1, 0.15) is 32.1 Å². The Labute approximate surface area is 116 Å². The molecule has 0 unspecified atom stereocenters. The van der Waals surface area contributed by atoms with Crippen molar-refractivity contribution in [3.05, 3.63) is 12.2 Å². The SMILES string of the molecule is O=C(CN1CCC=CCCC1=O)ON1C(=O)CCC1=O. The summed E-state index contributed by atoms with van der Waals surface area (Å²) in [6.45, 7) is 0.177. The number of hydroxylamine groups is 2. The molecule has 1 saturated heterocycles. The number of hydrogen-bond donors (Lipinski definition) is 0. The summed E-state index contributed by atoms with van der Waals surface area (Å²) in [6.07, 6.45) is 5.66. The van der Waals surface area contributed by atoms with E-state index in [1.807, 2.05) is 12.2 Å². The number of rotatable bonds is 3. The Kier molecular flexibility index (Phi) is 4.49. The van der Waals surface area contributed by atoms with E-state index in [-0.39, 0.29) is 25.3 Å². The second-order valence-corrected chi connectivity index (χ2v) is 4.66. The maximum atomic E-state index is 11.8. The lowest BCUT2D eigenvalue weighted by atomic mass is 10.2. The Morgan fingerprint density at radius 1 is 1.00 bits per heavy atom. The van der Waals surface area contributed by atoms with Crippen LogP contribution >= 0.6 is 0 Å². The summed E-state index contributed by atoms with van der Waals surface area (Å²) >= 11 is 0. The van der Waals surface area contributed by atoms with Gasteiger partial charge in [-0.3, -0.25) is 14.4 Å². The molecule has 0 aromatic heterocycles. The van der Waals surface area contributed by atoms with Crippen LogP contribution in [0.15, 0.2) is 12.2 Å². The van der Waals surface area contributed by atoms with Crippen LogP contribution in [0.3, 0.4) is 0 Å². The second-order valence-electron chi connectivity index (χ2n) is 4.66. The highest BCUT2D eigenvalue weighted by Crippen LogP contribution is 2.13. The standard InChI is InChI=1S/C13H16N2O5/c16-10-5-3-1-2-4-8-14(10)9-13(19)20-15-11(17)6-7-12(15)18/h1-2H,3-9H2. The topological polar surface area (TPSA) is 84.0 Å². The fourth-order valence-corrected chi connectivity index (χ4v) is 2.07. The molecule has 0 aromatic rings. The summed E-state index contributed by atoms with van der Waals surface area (Å²) in [5.74, 6) is -1.95. The van der Waals surface area contributed by atoms with E-state index in [1.54, 1.807) is 0 Å². The fourth-order valence-electron chi connectivity index (χ4n) is 2.07. The van der Waals surface area contributed by atoms with Gasteiger partial charge in [-0.05, 0) is 12.8 Å². The van der Waals surface area contributed by atoms with E-state index in [0.29, 0.717) is 30.9 Å². The third kappa shape index (κ3) is 3.43. The highest BCUT2D eigenvalue weighted by molar-refractivity contribution is 6.01. The van der Waals surface area contributed by atoms with Crippen LogP contribution in [0.25, 0.3) is 0 Å². The van der Waals surface area contributed by atoms with Gasteiger partial charge in [-0.25, -0.2) is 4.79 Å². The van der Waals surface area contributed by atoms with Crippen molar-refractivity contribution in [2.75, 3.05) is 13.1 Å². The predicted octanol–water partition coefficient (Wildman–Crippen LogP) is 0.162. The van der Waals surface area contributed by atoms with Crippen LogP contribution in [0.2, 0.25) is 0 Å². The molecule has 7 nitrogen and oxygen atoms in total. The van der Waals surface area contributed by atoms with Crippen molar-refractivity contribution in [3.8, 4) is 0 Å². The van der Waals surface area contributed by atoms with Crippen LogP contribution in [-0.2, 0) is 24.0 Å². The largest absolute Gasteiger partial charge is 0.352 e. The average Bonchev–Trinajstić information content (AvgIpc) is 2.70. The lowest BCUT2D eigenvalue weighted by Crippen LogP contribution is -2.41. The lowest BCUT2D eigenvalue weighted by molar-refractivity contribution is -0.198. The summed E-state index contributed by atoms with van der Waals surface area (Å²) in [4.78, 5) is 52.3. The molecule has 108 valence electrons. The van der Waals surface area contributed by atoms with Crippen molar-refractivity contribution in [2.24, 2.45) is 0 Å². The van der Waals surface area contributed by atoms with E-state index in [0.717, 1.165) is 0 Å². The lowest BCUT2D eigenvalue weighted by Gasteiger charge is -2.23. The van der Waals surface area contributed by atoms with Gasteiger partial charge < -0.3 is 9.74 Å². The highest BCUT2D eigenvalue weighted by atomic mass is 16.7. The molecule has 20 heavy (non-hydrogen) atoms. The van der Waals surface area contributed by atoms with Gasteiger partial charge in [0, 0.05) is 25.8 Å². The number of amides is 3. The molecule has 2 heterocycles. The molecule has 7 heteroatoms. The number of nitrogens with zero attached hydrogens (tertiary/aromatic N) is 2. The van der Waals surface area contributed by atoms with Gasteiger partial charge in [0.25, 0.3) is 11.8 Å². The molecule has 0 saturated carbocycles. The highest BCUT2D eigenvalue weighted by Gasteiger charge is 2.33. The zero-order valence-corrected chi connectivity index (χ0v) is 11.0. The molecule has 2 aliphatic heterocycles. The van der Waals surface area contributed by atoms with Gasteiger partial charge in [0.15, 0.2) is 0 Å². The van der Waals surface area contributed by atoms with Crippen LogP contribution in [0.4, 0.5) is 0 Å². The molecule has 0 aromatic carbocycles. The van der Waals surface area contributed by atoms with Crippen molar-refractivity contribution in [1.29, 1.82) is 0 Å². The monoisotopic (exact) mass is 280 g/mol. The molecule has 0 radical (unpaired) electrons. The first-order valence-corrected chi connectivity index (χ1v) is 6.57. The summed E-state index contributed by atoms with van der Waals surface area (Å²) in [5.41, 5.74) is 0. The minimum Gasteiger partial charge on any atom is -0.331 e. The normalized spacial score (nSPS) is 20.1. The molecular formula is C13H16N2O5. The first-order chi connectivity index (χ1) is 9.58. The van der Waals surface area contributed by atoms with Gasteiger partial charge >= 0.3 is 5.97 Å². The number of hydrogen-bond acceptors (Lipinski definition) is 5. The van der Waals surface area contributed by atoms with E-state index in [1.165, 1.54) is 4.90 Å². The van der Waals surface area contributed by atoms with Crippen molar-refractivity contribution in [2.45, 2.75) is 32.1 Å². The smallest absolute Gasteiger partial charge is 0.331 e. The Hall–Kier alpha value is -2.18. The number of carbonyl (C=O) groups is 4. The molecular weight excluding hydrogens is 264 g/mol. The summed E-state index contributed by atoms with van der Waals surface area (Å²) in [6, 6.07) is 0. The molecule has 2 aliphatic rings. The van der Waals surface area contributed by atoms with Gasteiger partial charge in [-0.15, -0.1) is 5.06 Å². The summed E-state index contributed by atoms with van der Waals surface area (Å²) < 4.78 is 0. The van der Waals surface area contributed by atoms with Crippen LogP contribution in [-0.4, -0.2) is 46.7 Å². The Balaban J connectivity index is 1.89. The number of imide groups is 1. The maximum Gasteiger partial charge on any atom is 0.352 e. The van der Waals surface area contributed by atoms with Crippen LogP contribution < -0.4 is 0 Å². The van der Waals surface area contributed by atoms with Gasteiger partial charge in [0.1, 0.15) is 6.54 Å². The molecule has 1 fully saturated rings. The molecule has 0 aliphatic carbocycles. The van der Waals surface area contributed by atoms with E-state index in [9.17, 15) is 19.2 Å². The number of carbonyl (C=O) groups excluding carboxylic acids is 4. The van der Waals surface area contributed by atoms with Crippen molar-refractivity contribution in [1.82, 2.24) is 9.96 Å². The molecule has 3 amide bonds. The van der Waals surface area contributed by atoms with Crippen LogP contribution in [0.5, 0.6) is 0 Å². The Morgan fingerprint density at radius 2 is 1.65 bits per heavy atom. The fraction of sp³-hybridized carbons (Fsp3) is 0.538. The summed E-state index contributed by atoms with van der Waals surface area (Å²) in [5, 5.41) is 0.497. The third-order valence-corrected chi connectivity index (χ3v) is 3.13. The second kappa shape index (κ2) is 6.31. The first kappa shape index (κ1) is 14.2. The zero-order chi connectivity index (χ0) is 14.5. The molecule has 0 spiro atoms. The third-order valence-electron chi connectivity index (χ3n) is 3.13. The number of allylic oxidation sites excluding steroid dienone is 1. The summed E-state index contributed by atoms with van der Waals surface area (Å²) in [7, 11) is 0. The van der Waals surface area contributed by atoms with Gasteiger partial charge in [0.05, 0.1) is 0 Å². The molecule has 0 atom stereocenters. The van der Waals surface area contributed by atoms with Gasteiger partial charge in [-0.2, -0.15) is 0 Å². The molecule has 2 rings (SSSR count). The average molecular weight is 280 g/mol. The first-order valence-electron chi connectivity index (χ1n) is 6.57. The van der Waals surface area contributed by atoms with E-state index < -0.39 is 17.8 Å². The van der Waals surface area contributed by atoms with E-state index >= 15 is 0 Å². The van der Waals surface area contributed by atoms with Crippen molar-refractivity contribution >= 4 is 23.7 Å². The zero-order valence-electron chi connectivity index (χ0n) is 11.0.